The molecule has 0 saturated heterocycles. The third kappa shape index (κ3) is 5.22. The number of carboxylic acid groups (broad SMARTS) is 1. The molecule has 0 amide bonds. The highest BCUT2D eigenvalue weighted by atomic mass is 32.2. The van der Waals surface area contributed by atoms with Crippen molar-refractivity contribution in [3.63, 3.8) is 0 Å². The molecule has 0 aliphatic heterocycles. The Balaban J connectivity index is 2.04. The molecule has 25 heavy (non-hydrogen) atoms. The van der Waals surface area contributed by atoms with Gasteiger partial charge in [-0.3, -0.25) is 9.59 Å². The molecule has 0 fully saturated rings. The number of aromatic nitrogens is 2. The molecular weight excluding hydrogens is 342 g/mol. The van der Waals surface area contributed by atoms with E-state index in [0.717, 1.165) is 6.42 Å². The molecule has 2 rings (SSSR count). The Morgan fingerprint density at radius 2 is 2.20 bits per heavy atom. The average molecular weight is 361 g/mol. The van der Waals surface area contributed by atoms with Crippen LogP contribution in [0.1, 0.15) is 31.7 Å². The summed E-state index contributed by atoms with van der Waals surface area (Å²) in [7, 11) is 0. The summed E-state index contributed by atoms with van der Waals surface area (Å²) in [5.74, 6) is -0.435. The zero-order valence-corrected chi connectivity index (χ0v) is 14.7. The smallest absolute Gasteiger partial charge is 0.323 e. The standard InChI is InChI=1S/C17H19N3O4S/c1-2-24-16(23)5-3-4-8-25-17-19-13-9-12(10-18)6-7-14(13)20(17)11-15(21)22/h6-7,9H,2-5,8,11H2,1H3,(H,21,22). The van der Waals surface area contributed by atoms with Gasteiger partial charge in [0.2, 0.25) is 0 Å². The van der Waals surface area contributed by atoms with Gasteiger partial charge in [-0.1, -0.05) is 11.8 Å². The van der Waals surface area contributed by atoms with E-state index in [-0.39, 0.29) is 12.5 Å². The van der Waals surface area contributed by atoms with Crippen LogP contribution >= 0.6 is 11.8 Å². The largest absolute Gasteiger partial charge is 0.480 e. The first-order chi connectivity index (χ1) is 12.0. The Kier molecular flexibility index (Phi) is 6.83. The van der Waals surface area contributed by atoms with E-state index in [4.69, 9.17) is 15.1 Å². The second kappa shape index (κ2) is 9.08. The van der Waals surface area contributed by atoms with Crippen molar-refractivity contribution in [2.75, 3.05) is 12.4 Å². The molecule has 0 atom stereocenters. The fourth-order valence-corrected chi connectivity index (χ4v) is 3.36. The van der Waals surface area contributed by atoms with Crippen LogP contribution in [0, 0.1) is 11.3 Å². The zero-order valence-electron chi connectivity index (χ0n) is 13.9. The first-order valence-corrected chi connectivity index (χ1v) is 8.94. The van der Waals surface area contributed by atoms with Crippen LogP contribution in [0.2, 0.25) is 0 Å². The van der Waals surface area contributed by atoms with Crippen LogP contribution in [-0.4, -0.2) is 39.0 Å². The number of rotatable bonds is 9. The van der Waals surface area contributed by atoms with Crippen LogP contribution in [-0.2, 0) is 20.9 Å². The fourth-order valence-electron chi connectivity index (χ4n) is 2.34. The quantitative estimate of drug-likeness (QED) is 0.416. The number of imidazole rings is 1. The van der Waals surface area contributed by atoms with Crippen LogP contribution in [0.3, 0.4) is 0 Å². The van der Waals surface area contributed by atoms with Crippen molar-refractivity contribution in [2.45, 2.75) is 37.9 Å². The van der Waals surface area contributed by atoms with Crippen molar-refractivity contribution in [1.82, 2.24) is 9.55 Å². The lowest BCUT2D eigenvalue weighted by Crippen LogP contribution is -2.09. The predicted molar refractivity (Wildman–Crippen MR) is 93.3 cm³/mol. The van der Waals surface area contributed by atoms with Crippen molar-refractivity contribution in [1.29, 1.82) is 5.26 Å². The van der Waals surface area contributed by atoms with E-state index in [1.54, 1.807) is 29.7 Å². The topological polar surface area (TPSA) is 105 Å². The molecule has 1 aromatic carbocycles. The molecule has 0 aliphatic carbocycles. The van der Waals surface area contributed by atoms with Gasteiger partial charge < -0.3 is 14.4 Å². The number of esters is 1. The number of carboxylic acids is 1. The lowest BCUT2D eigenvalue weighted by atomic mass is 10.2. The average Bonchev–Trinajstić information content (AvgIpc) is 2.91. The summed E-state index contributed by atoms with van der Waals surface area (Å²) in [6, 6.07) is 7.07. The van der Waals surface area contributed by atoms with Gasteiger partial charge in [-0.15, -0.1) is 0 Å². The first-order valence-electron chi connectivity index (χ1n) is 7.95. The van der Waals surface area contributed by atoms with Crippen LogP contribution in [0.5, 0.6) is 0 Å². The number of nitrogens with zero attached hydrogens (tertiary/aromatic N) is 3. The van der Waals surface area contributed by atoms with Gasteiger partial charge in [-0.2, -0.15) is 5.26 Å². The number of unbranched alkanes of at least 4 members (excludes halogenated alkanes) is 1. The number of fused-ring (bicyclic) bond motifs is 1. The summed E-state index contributed by atoms with van der Waals surface area (Å²) < 4.78 is 6.51. The van der Waals surface area contributed by atoms with Gasteiger partial charge in [-0.05, 0) is 38.0 Å². The Hall–Kier alpha value is -2.53. The lowest BCUT2D eigenvalue weighted by Gasteiger charge is -2.06. The Morgan fingerprint density at radius 1 is 1.40 bits per heavy atom. The van der Waals surface area contributed by atoms with Gasteiger partial charge in [0.15, 0.2) is 5.16 Å². The van der Waals surface area contributed by atoms with Gasteiger partial charge in [0.25, 0.3) is 0 Å². The highest BCUT2D eigenvalue weighted by Gasteiger charge is 2.14. The molecule has 0 saturated carbocycles. The molecular formula is C17H19N3O4S. The van der Waals surface area contributed by atoms with E-state index in [0.29, 0.717) is 47.0 Å². The number of hydrogen-bond acceptors (Lipinski definition) is 6. The fraction of sp³-hybridized carbons (Fsp3) is 0.412. The maximum absolute atomic E-state index is 11.3. The van der Waals surface area contributed by atoms with E-state index >= 15 is 0 Å². The molecule has 1 N–H and O–H groups in total. The third-order valence-electron chi connectivity index (χ3n) is 3.45. The number of benzene rings is 1. The minimum Gasteiger partial charge on any atom is -0.480 e. The number of ether oxygens (including phenoxy) is 1. The maximum Gasteiger partial charge on any atom is 0.323 e. The van der Waals surface area contributed by atoms with E-state index in [1.165, 1.54) is 11.8 Å². The molecule has 0 radical (unpaired) electrons. The monoisotopic (exact) mass is 361 g/mol. The number of thioether (sulfide) groups is 1. The molecule has 7 nitrogen and oxygen atoms in total. The number of nitriles is 1. The van der Waals surface area contributed by atoms with Crippen LogP contribution in [0.25, 0.3) is 11.0 Å². The number of carbonyl (C=O) groups is 2. The molecule has 0 aliphatic rings. The minimum absolute atomic E-state index is 0.187. The molecule has 1 aromatic heterocycles. The van der Waals surface area contributed by atoms with E-state index in [1.807, 2.05) is 0 Å². The van der Waals surface area contributed by atoms with Crippen LogP contribution in [0.4, 0.5) is 0 Å². The van der Waals surface area contributed by atoms with Crippen molar-refractivity contribution in [2.24, 2.45) is 0 Å². The van der Waals surface area contributed by atoms with Gasteiger partial charge in [0.1, 0.15) is 6.54 Å². The summed E-state index contributed by atoms with van der Waals surface area (Å²) in [4.78, 5) is 26.9. The second-order valence-electron chi connectivity index (χ2n) is 5.30. The summed E-state index contributed by atoms with van der Waals surface area (Å²) in [6.45, 7) is 1.98. The third-order valence-corrected chi connectivity index (χ3v) is 4.51. The lowest BCUT2D eigenvalue weighted by molar-refractivity contribution is -0.143. The Labute approximate surface area is 149 Å². The van der Waals surface area contributed by atoms with Gasteiger partial charge in [0, 0.05) is 12.2 Å². The summed E-state index contributed by atoms with van der Waals surface area (Å²) in [6.07, 6.45) is 1.89. The maximum atomic E-state index is 11.3. The van der Waals surface area contributed by atoms with Crippen molar-refractivity contribution in [3.8, 4) is 6.07 Å². The highest BCUT2D eigenvalue weighted by Crippen LogP contribution is 2.25. The van der Waals surface area contributed by atoms with Gasteiger partial charge in [0.05, 0.1) is 29.3 Å². The molecule has 0 unspecified atom stereocenters. The zero-order chi connectivity index (χ0) is 18.2. The Bertz CT molecular complexity index is 810. The van der Waals surface area contributed by atoms with Crippen molar-refractivity contribution in [3.05, 3.63) is 23.8 Å². The second-order valence-corrected chi connectivity index (χ2v) is 6.36. The van der Waals surface area contributed by atoms with Crippen molar-refractivity contribution < 1.29 is 19.4 Å². The molecule has 2 aromatic rings. The number of hydrogen-bond donors (Lipinski definition) is 1. The predicted octanol–water partition coefficient (Wildman–Crippen LogP) is 2.82. The number of aliphatic carboxylic acids is 1. The molecule has 1 heterocycles. The molecule has 0 spiro atoms. The van der Waals surface area contributed by atoms with Crippen molar-refractivity contribution >= 4 is 34.7 Å². The van der Waals surface area contributed by atoms with Gasteiger partial charge in [-0.25, -0.2) is 4.98 Å². The molecule has 132 valence electrons. The summed E-state index contributed by atoms with van der Waals surface area (Å²) >= 11 is 1.45. The Morgan fingerprint density at radius 3 is 2.88 bits per heavy atom. The normalized spacial score (nSPS) is 10.6. The number of carbonyl (C=O) groups excluding carboxylic acids is 1. The van der Waals surface area contributed by atoms with Crippen LogP contribution < -0.4 is 0 Å². The minimum atomic E-state index is -0.951. The highest BCUT2D eigenvalue weighted by molar-refractivity contribution is 7.99. The molecule has 8 heteroatoms. The van der Waals surface area contributed by atoms with E-state index in [9.17, 15) is 9.59 Å². The SMILES string of the molecule is CCOC(=O)CCCCSc1nc2cc(C#N)ccc2n1CC(=O)O. The summed E-state index contributed by atoms with van der Waals surface area (Å²) in [5, 5.41) is 18.7. The molecule has 0 bridgehead atoms. The van der Waals surface area contributed by atoms with Crippen LogP contribution in [0.15, 0.2) is 23.4 Å². The van der Waals surface area contributed by atoms with E-state index < -0.39 is 5.97 Å². The van der Waals surface area contributed by atoms with E-state index in [2.05, 4.69) is 11.1 Å². The van der Waals surface area contributed by atoms with Gasteiger partial charge >= 0.3 is 11.9 Å². The summed E-state index contributed by atoms with van der Waals surface area (Å²) in [5.41, 5.74) is 1.78. The first kappa shape index (κ1) is 18.8.